The van der Waals surface area contributed by atoms with Crippen molar-refractivity contribution in [1.29, 1.82) is 0 Å². The molecule has 3 N–H and O–H groups in total. The molecule has 0 aliphatic carbocycles. The third-order valence-corrected chi connectivity index (χ3v) is 5.09. The molecule has 2 heterocycles. The standard InChI is InChI=1S/C19H20O8/c1-23-9-4-11(20)17-15(5-9)27-16-8-26-12-7-14(25-3)13(24-2)6-10(12)19(16,22)18(17)21/h4-7,16,18,20-22H,8H2,1-3H3/t16-,18?,19-/m1/s1. The molecule has 3 atom stereocenters. The van der Waals surface area contributed by atoms with Crippen LogP contribution in [0.3, 0.4) is 0 Å². The molecule has 8 nitrogen and oxygen atoms in total. The number of aliphatic hydroxyl groups excluding tert-OH is 1. The normalized spacial score (nSPS) is 25.2. The van der Waals surface area contributed by atoms with Gasteiger partial charge < -0.3 is 39.0 Å². The number of phenols is 1. The van der Waals surface area contributed by atoms with E-state index < -0.39 is 17.8 Å². The van der Waals surface area contributed by atoms with Crippen molar-refractivity contribution in [3.8, 4) is 34.5 Å². The maximum absolute atomic E-state index is 11.5. The average molecular weight is 376 g/mol. The fourth-order valence-corrected chi connectivity index (χ4v) is 3.66. The lowest BCUT2D eigenvalue weighted by atomic mass is 9.76. The first-order valence-corrected chi connectivity index (χ1v) is 8.31. The van der Waals surface area contributed by atoms with Crippen molar-refractivity contribution in [3.05, 3.63) is 35.4 Å². The van der Waals surface area contributed by atoms with Crippen LogP contribution >= 0.6 is 0 Å². The lowest BCUT2D eigenvalue weighted by Crippen LogP contribution is -2.55. The van der Waals surface area contributed by atoms with Crippen molar-refractivity contribution in [2.24, 2.45) is 0 Å². The van der Waals surface area contributed by atoms with Gasteiger partial charge in [-0.25, -0.2) is 0 Å². The lowest BCUT2D eigenvalue weighted by molar-refractivity contribution is -0.180. The number of phenolic OH excluding ortho intramolecular Hbond substituents is 1. The average Bonchev–Trinajstić information content (AvgIpc) is 2.67. The van der Waals surface area contributed by atoms with E-state index in [-0.39, 0.29) is 29.2 Å². The maximum Gasteiger partial charge on any atom is 0.168 e. The Hall–Kier alpha value is -2.84. The summed E-state index contributed by atoms with van der Waals surface area (Å²) in [5, 5.41) is 32.9. The Morgan fingerprint density at radius 2 is 1.70 bits per heavy atom. The van der Waals surface area contributed by atoms with Crippen molar-refractivity contribution in [3.63, 3.8) is 0 Å². The number of methoxy groups -OCH3 is 3. The molecule has 4 rings (SSSR count). The van der Waals surface area contributed by atoms with Gasteiger partial charge in [0, 0.05) is 23.8 Å². The van der Waals surface area contributed by atoms with Crippen molar-refractivity contribution < 1.29 is 39.0 Å². The van der Waals surface area contributed by atoms with Crippen LogP contribution in [0.25, 0.3) is 0 Å². The molecule has 2 aliphatic heterocycles. The second kappa shape index (κ2) is 6.11. The van der Waals surface area contributed by atoms with Crippen LogP contribution in [0, 0.1) is 0 Å². The van der Waals surface area contributed by atoms with E-state index in [1.54, 1.807) is 18.2 Å². The van der Waals surface area contributed by atoms with Crippen LogP contribution in [-0.2, 0) is 5.60 Å². The summed E-state index contributed by atoms with van der Waals surface area (Å²) in [5.41, 5.74) is -1.49. The molecule has 8 heteroatoms. The molecule has 0 saturated heterocycles. The van der Waals surface area contributed by atoms with Gasteiger partial charge in [0.1, 0.15) is 35.7 Å². The molecule has 0 amide bonds. The number of aromatic hydroxyl groups is 1. The number of hydrogen-bond donors (Lipinski definition) is 3. The third kappa shape index (κ3) is 2.37. The van der Waals surface area contributed by atoms with Gasteiger partial charge in [-0.1, -0.05) is 0 Å². The number of ether oxygens (including phenoxy) is 5. The van der Waals surface area contributed by atoms with Gasteiger partial charge in [-0.15, -0.1) is 0 Å². The summed E-state index contributed by atoms with van der Waals surface area (Å²) in [6.45, 7) is -0.00649. The van der Waals surface area contributed by atoms with E-state index in [2.05, 4.69) is 0 Å². The molecule has 1 unspecified atom stereocenters. The van der Waals surface area contributed by atoms with E-state index in [9.17, 15) is 15.3 Å². The van der Waals surface area contributed by atoms with Crippen LogP contribution in [0.5, 0.6) is 34.5 Å². The first-order chi connectivity index (χ1) is 12.9. The van der Waals surface area contributed by atoms with Gasteiger partial charge in [0.25, 0.3) is 0 Å². The van der Waals surface area contributed by atoms with Crippen molar-refractivity contribution in [2.75, 3.05) is 27.9 Å². The van der Waals surface area contributed by atoms with E-state index in [4.69, 9.17) is 23.7 Å². The highest BCUT2D eigenvalue weighted by Crippen LogP contribution is 2.55. The van der Waals surface area contributed by atoms with Crippen LogP contribution in [0.15, 0.2) is 24.3 Å². The number of aliphatic hydroxyl groups is 2. The van der Waals surface area contributed by atoms with E-state index in [1.165, 1.54) is 27.4 Å². The SMILES string of the molecule is COc1cc(O)c2c(c1)O[C@@H]1COc3cc(OC)c(OC)cc3[C@]1(O)C2O. The zero-order valence-corrected chi connectivity index (χ0v) is 15.1. The van der Waals surface area contributed by atoms with Crippen molar-refractivity contribution in [1.82, 2.24) is 0 Å². The Morgan fingerprint density at radius 1 is 1.00 bits per heavy atom. The Bertz CT molecular complexity index is 896. The van der Waals surface area contributed by atoms with E-state index >= 15 is 0 Å². The molecule has 2 aliphatic rings. The van der Waals surface area contributed by atoms with Gasteiger partial charge in [0.15, 0.2) is 23.2 Å². The summed E-state index contributed by atoms with van der Waals surface area (Å²) in [5.74, 6) is 1.49. The lowest BCUT2D eigenvalue weighted by Gasteiger charge is -2.47. The zero-order chi connectivity index (χ0) is 19.3. The summed E-state index contributed by atoms with van der Waals surface area (Å²) < 4.78 is 27.3. The van der Waals surface area contributed by atoms with Gasteiger partial charge in [-0.3, -0.25) is 0 Å². The fourth-order valence-electron chi connectivity index (χ4n) is 3.66. The van der Waals surface area contributed by atoms with Crippen molar-refractivity contribution in [2.45, 2.75) is 17.8 Å². The number of fused-ring (bicyclic) bond motifs is 4. The minimum absolute atomic E-state index is 0.00649. The van der Waals surface area contributed by atoms with Crippen LogP contribution in [-0.4, -0.2) is 49.4 Å². The fraction of sp³-hybridized carbons (Fsp3) is 0.368. The topological polar surface area (TPSA) is 107 Å². The molecule has 144 valence electrons. The summed E-state index contributed by atoms with van der Waals surface area (Å²) >= 11 is 0. The van der Waals surface area contributed by atoms with Gasteiger partial charge in [0.05, 0.1) is 26.9 Å². The molecule has 2 aromatic carbocycles. The minimum Gasteiger partial charge on any atom is -0.507 e. The van der Waals surface area contributed by atoms with Crippen LogP contribution in [0.4, 0.5) is 0 Å². The van der Waals surface area contributed by atoms with Gasteiger partial charge in [0.2, 0.25) is 0 Å². The Kier molecular flexibility index (Phi) is 3.97. The van der Waals surface area contributed by atoms with Crippen LogP contribution in [0.1, 0.15) is 17.2 Å². The first-order valence-electron chi connectivity index (χ1n) is 8.31. The summed E-state index contributed by atoms with van der Waals surface area (Å²) in [6, 6.07) is 6.02. The first kappa shape index (κ1) is 17.6. The molecule has 2 aromatic rings. The second-order valence-corrected chi connectivity index (χ2v) is 6.41. The molecule has 0 bridgehead atoms. The monoisotopic (exact) mass is 376 g/mol. The molecule has 0 radical (unpaired) electrons. The molecule has 0 saturated carbocycles. The highest BCUT2D eigenvalue weighted by Gasteiger charge is 2.56. The van der Waals surface area contributed by atoms with Gasteiger partial charge in [-0.2, -0.15) is 0 Å². The molecule has 0 fully saturated rings. The molecule has 0 spiro atoms. The van der Waals surface area contributed by atoms with Gasteiger partial charge in [-0.05, 0) is 6.07 Å². The summed E-state index contributed by atoms with van der Waals surface area (Å²) in [6.07, 6.45) is -2.37. The van der Waals surface area contributed by atoms with Crippen LogP contribution < -0.4 is 23.7 Å². The Morgan fingerprint density at radius 3 is 2.37 bits per heavy atom. The number of hydrogen-bond acceptors (Lipinski definition) is 8. The summed E-state index contributed by atoms with van der Waals surface area (Å²) in [7, 11) is 4.41. The molecule has 0 aromatic heterocycles. The minimum atomic E-state index is -1.85. The van der Waals surface area contributed by atoms with Crippen LogP contribution in [0.2, 0.25) is 0 Å². The largest absolute Gasteiger partial charge is 0.507 e. The van der Waals surface area contributed by atoms with E-state index in [0.717, 1.165) is 0 Å². The highest BCUT2D eigenvalue weighted by molar-refractivity contribution is 5.59. The number of benzene rings is 2. The van der Waals surface area contributed by atoms with E-state index in [0.29, 0.717) is 23.0 Å². The second-order valence-electron chi connectivity index (χ2n) is 6.41. The maximum atomic E-state index is 11.5. The molecular formula is C19H20O8. The number of rotatable bonds is 3. The van der Waals surface area contributed by atoms with Gasteiger partial charge >= 0.3 is 0 Å². The zero-order valence-electron chi connectivity index (χ0n) is 15.1. The smallest absolute Gasteiger partial charge is 0.168 e. The molecular weight excluding hydrogens is 356 g/mol. The summed E-state index contributed by atoms with van der Waals surface area (Å²) in [4.78, 5) is 0. The highest BCUT2D eigenvalue weighted by atomic mass is 16.6. The third-order valence-electron chi connectivity index (χ3n) is 5.09. The predicted molar refractivity (Wildman–Crippen MR) is 93.0 cm³/mol. The Balaban J connectivity index is 1.90. The predicted octanol–water partition coefficient (Wildman–Crippen LogP) is 1.49. The van der Waals surface area contributed by atoms with Crippen molar-refractivity contribution >= 4 is 0 Å². The van der Waals surface area contributed by atoms with E-state index in [1.807, 2.05) is 0 Å². The Labute approximate surface area is 155 Å². The molecule has 27 heavy (non-hydrogen) atoms. The quantitative estimate of drug-likeness (QED) is 0.740.